The van der Waals surface area contributed by atoms with E-state index in [0.29, 0.717) is 39.2 Å². The molecule has 33 heavy (non-hydrogen) atoms. The van der Waals surface area contributed by atoms with Crippen molar-refractivity contribution in [3.8, 4) is 5.75 Å². The highest BCUT2D eigenvalue weighted by Gasteiger charge is 2.40. The number of nitrogens with one attached hydrogen (secondary N) is 1. The van der Waals surface area contributed by atoms with Crippen molar-refractivity contribution in [2.24, 2.45) is 0 Å². The summed E-state index contributed by atoms with van der Waals surface area (Å²) in [5.74, 6) is 0.213. The normalized spacial score (nSPS) is 13.8. The molecule has 0 spiro atoms. The van der Waals surface area contributed by atoms with Gasteiger partial charge in [-0.05, 0) is 65.9 Å². The number of carbonyl (C=O) groups excluding carboxylic acids is 2. The fourth-order valence-electron chi connectivity index (χ4n) is 3.78. The zero-order valence-corrected chi connectivity index (χ0v) is 19.7. The van der Waals surface area contributed by atoms with E-state index in [-0.39, 0.29) is 11.6 Å². The van der Waals surface area contributed by atoms with Crippen molar-refractivity contribution in [1.82, 2.24) is 0 Å². The quantitative estimate of drug-likeness (QED) is 0.446. The third-order valence-corrected chi connectivity index (χ3v) is 5.97. The molecular weight excluding hydrogens is 436 g/mol. The molecular formula is C27H25ClN2O3. The topological polar surface area (TPSA) is 58.6 Å². The largest absolute Gasteiger partial charge is 0.497 e. The average molecular weight is 461 g/mol. The van der Waals surface area contributed by atoms with Gasteiger partial charge in [0, 0.05) is 10.7 Å². The van der Waals surface area contributed by atoms with Crippen molar-refractivity contribution in [1.29, 1.82) is 0 Å². The average Bonchev–Trinajstić information content (AvgIpc) is 3.05. The maximum atomic E-state index is 13.6. The molecule has 0 saturated carbocycles. The molecule has 1 N–H and O–H groups in total. The second-order valence-corrected chi connectivity index (χ2v) is 8.69. The molecule has 0 atom stereocenters. The number of imide groups is 1. The van der Waals surface area contributed by atoms with Crippen LogP contribution in [0.4, 0.5) is 11.4 Å². The number of hydrogen-bond donors (Lipinski definition) is 1. The number of nitrogens with zero attached hydrogens (tertiary/aromatic N) is 1. The number of carbonyl (C=O) groups is 2. The van der Waals surface area contributed by atoms with E-state index in [1.54, 1.807) is 43.5 Å². The molecule has 0 saturated heterocycles. The maximum absolute atomic E-state index is 13.6. The standard InChI is InChI=1S/C27H25ClN2O3/c1-16(2)18-6-11-21(12-7-18)30-26(31)24(19-8-13-22(33-4)14-9-19)25(27(30)32)29-23-15-20(28)10-5-17(23)3/h5-16,29H,1-4H3. The first kappa shape index (κ1) is 22.6. The van der Waals surface area contributed by atoms with Crippen LogP contribution in [0.25, 0.3) is 5.57 Å². The van der Waals surface area contributed by atoms with Crippen molar-refractivity contribution in [2.75, 3.05) is 17.3 Å². The molecule has 168 valence electrons. The van der Waals surface area contributed by atoms with Crippen LogP contribution in [0, 0.1) is 6.92 Å². The monoisotopic (exact) mass is 460 g/mol. The Kier molecular flexibility index (Phi) is 6.25. The van der Waals surface area contributed by atoms with Crippen LogP contribution in [0.3, 0.4) is 0 Å². The van der Waals surface area contributed by atoms with Gasteiger partial charge in [0.1, 0.15) is 11.4 Å². The lowest BCUT2D eigenvalue weighted by Gasteiger charge is -2.17. The number of anilines is 2. The first-order valence-corrected chi connectivity index (χ1v) is 11.1. The van der Waals surface area contributed by atoms with Crippen LogP contribution in [0.15, 0.2) is 72.4 Å². The fourth-order valence-corrected chi connectivity index (χ4v) is 3.95. The Balaban J connectivity index is 1.80. The van der Waals surface area contributed by atoms with Crippen LogP contribution in [0.2, 0.25) is 5.02 Å². The molecule has 0 unspecified atom stereocenters. The molecule has 0 radical (unpaired) electrons. The Morgan fingerprint density at radius 3 is 2.18 bits per heavy atom. The van der Waals surface area contributed by atoms with Gasteiger partial charge in [-0.15, -0.1) is 0 Å². The molecule has 2 amide bonds. The second kappa shape index (κ2) is 9.12. The molecule has 6 heteroatoms. The van der Waals surface area contributed by atoms with Crippen molar-refractivity contribution >= 4 is 40.4 Å². The van der Waals surface area contributed by atoms with E-state index in [1.807, 2.05) is 37.3 Å². The second-order valence-electron chi connectivity index (χ2n) is 8.25. The van der Waals surface area contributed by atoms with Crippen LogP contribution in [-0.4, -0.2) is 18.9 Å². The summed E-state index contributed by atoms with van der Waals surface area (Å²) in [6.07, 6.45) is 0. The van der Waals surface area contributed by atoms with E-state index < -0.39 is 5.91 Å². The lowest BCUT2D eigenvalue weighted by molar-refractivity contribution is -0.120. The van der Waals surface area contributed by atoms with Gasteiger partial charge in [0.15, 0.2) is 0 Å². The highest BCUT2D eigenvalue weighted by molar-refractivity contribution is 6.46. The molecule has 1 aliphatic rings. The summed E-state index contributed by atoms with van der Waals surface area (Å²) in [5, 5.41) is 3.72. The van der Waals surface area contributed by atoms with Gasteiger partial charge in [-0.3, -0.25) is 9.59 Å². The van der Waals surface area contributed by atoms with Gasteiger partial charge in [-0.25, -0.2) is 4.90 Å². The van der Waals surface area contributed by atoms with Crippen molar-refractivity contribution < 1.29 is 14.3 Å². The Morgan fingerprint density at radius 2 is 1.58 bits per heavy atom. The summed E-state index contributed by atoms with van der Waals surface area (Å²) in [4.78, 5) is 28.4. The lowest BCUT2D eigenvalue weighted by Crippen LogP contribution is -2.32. The van der Waals surface area contributed by atoms with Crippen molar-refractivity contribution in [2.45, 2.75) is 26.7 Å². The maximum Gasteiger partial charge on any atom is 0.282 e. The number of benzene rings is 3. The smallest absolute Gasteiger partial charge is 0.282 e. The van der Waals surface area contributed by atoms with E-state index >= 15 is 0 Å². The van der Waals surface area contributed by atoms with E-state index in [9.17, 15) is 9.59 Å². The number of aryl methyl sites for hydroxylation is 1. The van der Waals surface area contributed by atoms with Crippen LogP contribution in [0.5, 0.6) is 5.75 Å². The van der Waals surface area contributed by atoms with E-state index in [4.69, 9.17) is 16.3 Å². The molecule has 0 aromatic heterocycles. The summed E-state index contributed by atoms with van der Waals surface area (Å²) < 4.78 is 5.24. The summed E-state index contributed by atoms with van der Waals surface area (Å²) in [6.45, 7) is 6.11. The Bertz CT molecular complexity index is 1250. The Morgan fingerprint density at radius 1 is 0.909 bits per heavy atom. The van der Waals surface area contributed by atoms with Gasteiger partial charge >= 0.3 is 0 Å². The Labute approximate surface area is 198 Å². The first-order chi connectivity index (χ1) is 15.8. The van der Waals surface area contributed by atoms with Gasteiger partial charge in [0.05, 0.1) is 18.4 Å². The number of rotatable bonds is 6. The van der Waals surface area contributed by atoms with E-state index in [0.717, 1.165) is 11.1 Å². The predicted octanol–water partition coefficient (Wildman–Crippen LogP) is 6.18. The van der Waals surface area contributed by atoms with Crippen LogP contribution >= 0.6 is 11.6 Å². The van der Waals surface area contributed by atoms with Gasteiger partial charge < -0.3 is 10.1 Å². The van der Waals surface area contributed by atoms with Crippen LogP contribution in [-0.2, 0) is 9.59 Å². The molecule has 0 bridgehead atoms. The fraction of sp³-hybridized carbons (Fsp3) is 0.185. The first-order valence-electron chi connectivity index (χ1n) is 10.7. The van der Waals surface area contributed by atoms with E-state index in [2.05, 4.69) is 19.2 Å². The lowest BCUT2D eigenvalue weighted by atomic mass is 10.0. The molecule has 1 heterocycles. The molecule has 3 aromatic carbocycles. The SMILES string of the molecule is COc1ccc(C2=C(Nc3cc(Cl)ccc3C)C(=O)N(c3ccc(C(C)C)cc3)C2=O)cc1. The molecule has 0 fully saturated rings. The predicted molar refractivity (Wildman–Crippen MR) is 133 cm³/mol. The van der Waals surface area contributed by atoms with Crippen LogP contribution in [0.1, 0.15) is 36.5 Å². The minimum atomic E-state index is -0.414. The third kappa shape index (κ3) is 4.37. The summed E-state index contributed by atoms with van der Waals surface area (Å²) in [7, 11) is 1.58. The number of ether oxygens (including phenoxy) is 1. The molecule has 0 aliphatic carbocycles. The van der Waals surface area contributed by atoms with E-state index in [1.165, 1.54) is 4.90 Å². The van der Waals surface area contributed by atoms with Crippen LogP contribution < -0.4 is 15.0 Å². The number of methoxy groups -OCH3 is 1. The molecule has 1 aliphatic heterocycles. The zero-order valence-electron chi connectivity index (χ0n) is 19.0. The highest BCUT2D eigenvalue weighted by atomic mass is 35.5. The third-order valence-electron chi connectivity index (χ3n) is 5.74. The molecule has 5 nitrogen and oxygen atoms in total. The summed E-state index contributed by atoms with van der Waals surface area (Å²) >= 11 is 6.19. The Hall–Kier alpha value is -3.57. The zero-order chi connectivity index (χ0) is 23.7. The van der Waals surface area contributed by atoms with Gasteiger partial charge in [-0.1, -0.05) is 55.8 Å². The number of hydrogen-bond acceptors (Lipinski definition) is 4. The van der Waals surface area contributed by atoms with Crippen molar-refractivity contribution in [3.63, 3.8) is 0 Å². The van der Waals surface area contributed by atoms with Gasteiger partial charge in [-0.2, -0.15) is 0 Å². The minimum absolute atomic E-state index is 0.212. The van der Waals surface area contributed by atoms with Gasteiger partial charge in [0.2, 0.25) is 0 Å². The number of amides is 2. The number of halogens is 1. The summed E-state index contributed by atoms with van der Waals surface area (Å²) in [5.41, 5.74) is 4.37. The summed E-state index contributed by atoms with van der Waals surface area (Å²) in [6, 6.07) is 20.0. The minimum Gasteiger partial charge on any atom is -0.497 e. The van der Waals surface area contributed by atoms with Gasteiger partial charge in [0.25, 0.3) is 11.8 Å². The molecule has 4 rings (SSSR count). The molecule has 3 aromatic rings. The van der Waals surface area contributed by atoms with Crippen molar-refractivity contribution in [3.05, 3.63) is 94.1 Å². The highest BCUT2D eigenvalue weighted by Crippen LogP contribution is 2.35.